The van der Waals surface area contributed by atoms with Crippen molar-refractivity contribution in [2.24, 2.45) is 0 Å². The number of phenolic OH excluding ortho intramolecular Hbond substituents is 1. The van der Waals surface area contributed by atoms with Gasteiger partial charge in [-0.3, -0.25) is 15.0 Å². The minimum atomic E-state index is -4.76. The summed E-state index contributed by atoms with van der Waals surface area (Å²) in [5.41, 5.74) is -3.94. The molecule has 1 amide bonds. The molecule has 0 saturated carbocycles. The van der Waals surface area contributed by atoms with Crippen molar-refractivity contribution in [1.29, 1.82) is 10.7 Å². The van der Waals surface area contributed by atoms with Gasteiger partial charge in [-0.05, 0) is 54.4 Å². The van der Waals surface area contributed by atoms with Gasteiger partial charge in [0.05, 0.1) is 28.4 Å². The lowest BCUT2D eigenvalue weighted by Crippen LogP contribution is -2.24. The highest BCUT2D eigenvalue weighted by atomic mass is 19.4. The Morgan fingerprint density at radius 2 is 1.64 bits per heavy atom. The molecule has 0 aliphatic rings. The van der Waals surface area contributed by atoms with Gasteiger partial charge in [-0.2, -0.15) is 18.4 Å². The number of nitrogens with zero attached hydrogens (tertiary/aromatic N) is 1. The summed E-state index contributed by atoms with van der Waals surface area (Å²) in [5, 5.41) is 39.2. The van der Waals surface area contributed by atoms with Crippen LogP contribution in [0.5, 0.6) is 5.75 Å². The van der Waals surface area contributed by atoms with Crippen LogP contribution in [0.15, 0.2) is 54.6 Å². The second kappa shape index (κ2) is 9.71. The first-order valence-electron chi connectivity index (χ1n) is 10.1. The Balaban J connectivity index is 2.06. The van der Waals surface area contributed by atoms with Crippen LogP contribution in [0.2, 0.25) is 0 Å². The number of aromatic hydroxyl groups is 1. The lowest BCUT2D eigenvalue weighted by molar-refractivity contribution is -0.137. The topological polar surface area (TPSA) is 151 Å². The Hall–Kier alpha value is -4.98. The zero-order valence-corrected chi connectivity index (χ0v) is 18.4. The number of benzene rings is 3. The highest BCUT2D eigenvalue weighted by Crippen LogP contribution is 2.40. The molecule has 0 aliphatic carbocycles. The van der Waals surface area contributed by atoms with Crippen LogP contribution < -0.4 is 5.32 Å². The smallest absolute Gasteiger partial charge is 0.417 e. The summed E-state index contributed by atoms with van der Waals surface area (Å²) < 4.78 is 40.6. The summed E-state index contributed by atoms with van der Waals surface area (Å²) in [6.45, 7) is 1.08. The first-order chi connectivity index (χ1) is 16.8. The fraction of sp³-hybridized carbons (Fsp3) is 0.0800. The molecule has 0 heterocycles. The number of rotatable bonds is 6. The van der Waals surface area contributed by atoms with Crippen molar-refractivity contribution >= 4 is 29.1 Å². The van der Waals surface area contributed by atoms with Crippen LogP contribution >= 0.6 is 0 Å². The molecule has 0 bridgehead atoms. The number of amides is 1. The maximum absolute atomic E-state index is 13.5. The minimum Gasteiger partial charge on any atom is -0.507 e. The van der Waals surface area contributed by atoms with Crippen LogP contribution in [0.25, 0.3) is 11.1 Å². The predicted molar refractivity (Wildman–Crippen MR) is 122 cm³/mol. The first-order valence-corrected chi connectivity index (χ1v) is 10.1. The lowest BCUT2D eigenvalue weighted by Gasteiger charge is -2.17. The molecule has 0 radical (unpaired) electrons. The van der Waals surface area contributed by atoms with E-state index in [2.05, 4.69) is 5.32 Å². The number of ketones is 1. The highest BCUT2D eigenvalue weighted by Gasteiger charge is 2.34. The first kappa shape index (κ1) is 25.6. The fourth-order valence-corrected chi connectivity index (χ4v) is 3.47. The Kier molecular flexibility index (Phi) is 6.92. The third-order valence-corrected chi connectivity index (χ3v) is 5.16. The fourth-order valence-electron chi connectivity index (χ4n) is 3.47. The average Bonchev–Trinajstić information content (AvgIpc) is 2.82. The molecular formula is C25H16F3N3O5. The third-order valence-electron chi connectivity index (χ3n) is 5.16. The summed E-state index contributed by atoms with van der Waals surface area (Å²) in [6.07, 6.45) is -4.76. The van der Waals surface area contributed by atoms with E-state index >= 15 is 0 Å². The number of aromatic carboxylic acids is 1. The second-order valence-electron chi connectivity index (χ2n) is 7.52. The number of carboxylic acids is 1. The third kappa shape index (κ3) is 5.07. The van der Waals surface area contributed by atoms with Gasteiger partial charge in [0, 0.05) is 11.1 Å². The van der Waals surface area contributed by atoms with Crippen LogP contribution in [0.1, 0.15) is 44.3 Å². The second-order valence-corrected chi connectivity index (χ2v) is 7.52. The number of anilines is 1. The van der Waals surface area contributed by atoms with Gasteiger partial charge in [0.1, 0.15) is 11.5 Å². The SMILES string of the molecule is CC(=O)c1cc(C(=N)C(=O)Nc2ccc(C#N)cc2C(=O)O)c(O)cc1-c1ccccc1C(F)(F)F. The standard InChI is InChI=1S/C25H16F3N3O5/c1-12(32)15-9-18(21(33)10-16(15)14-4-2-3-5-19(14)25(26,27)28)22(30)23(34)31-20-7-6-13(11-29)8-17(20)24(35)36/h2-10,30,33H,1H3,(H,31,34)(H,35,36). The number of carbonyl (C=O) groups is 3. The molecule has 11 heteroatoms. The van der Waals surface area contributed by atoms with Gasteiger partial charge in [0.25, 0.3) is 5.91 Å². The van der Waals surface area contributed by atoms with E-state index in [0.717, 1.165) is 43.3 Å². The molecule has 0 aliphatic heterocycles. The molecule has 3 aromatic carbocycles. The number of nitriles is 1. The normalized spacial score (nSPS) is 10.9. The quantitative estimate of drug-likeness (QED) is 0.283. The zero-order chi connectivity index (χ0) is 26.8. The summed E-state index contributed by atoms with van der Waals surface area (Å²) >= 11 is 0. The number of nitrogens with one attached hydrogen (secondary N) is 2. The predicted octanol–water partition coefficient (Wildman–Crippen LogP) is 4.86. The Morgan fingerprint density at radius 1 is 0.972 bits per heavy atom. The van der Waals surface area contributed by atoms with Crippen molar-refractivity contribution in [2.45, 2.75) is 13.1 Å². The van der Waals surface area contributed by atoms with Crippen LogP contribution in [0.3, 0.4) is 0 Å². The van der Waals surface area contributed by atoms with Crippen LogP contribution in [-0.2, 0) is 11.0 Å². The number of phenols is 1. The minimum absolute atomic E-state index is 0.0129. The van der Waals surface area contributed by atoms with Crippen molar-refractivity contribution in [3.8, 4) is 22.9 Å². The van der Waals surface area contributed by atoms with Crippen LogP contribution in [0.4, 0.5) is 18.9 Å². The number of halogens is 3. The maximum Gasteiger partial charge on any atom is 0.417 e. The van der Waals surface area contributed by atoms with Crippen LogP contribution in [-0.4, -0.2) is 33.6 Å². The molecule has 4 N–H and O–H groups in total. The molecule has 0 aromatic heterocycles. The molecule has 0 fully saturated rings. The number of carbonyl (C=O) groups excluding carboxylic acids is 2. The van der Waals surface area contributed by atoms with E-state index in [0.29, 0.717) is 0 Å². The molecule has 8 nitrogen and oxygen atoms in total. The van der Waals surface area contributed by atoms with E-state index in [1.54, 1.807) is 6.07 Å². The number of alkyl halides is 3. The Morgan fingerprint density at radius 3 is 2.22 bits per heavy atom. The number of hydrogen-bond acceptors (Lipinski definition) is 6. The van der Waals surface area contributed by atoms with E-state index in [1.807, 2.05) is 0 Å². The number of Topliss-reactive ketones (excluding diaryl/α,β-unsaturated/α-hetero) is 1. The van der Waals surface area contributed by atoms with Gasteiger partial charge in [-0.15, -0.1) is 0 Å². The van der Waals surface area contributed by atoms with Gasteiger partial charge < -0.3 is 15.5 Å². The Bertz CT molecular complexity index is 1470. The van der Waals surface area contributed by atoms with Crippen LogP contribution in [0, 0.1) is 16.7 Å². The van der Waals surface area contributed by atoms with Gasteiger partial charge in [0.15, 0.2) is 5.78 Å². The van der Waals surface area contributed by atoms with E-state index in [1.165, 1.54) is 18.2 Å². The van der Waals surface area contributed by atoms with Crippen molar-refractivity contribution < 1.29 is 37.8 Å². The summed E-state index contributed by atoms with van der Waals surface area (Å²) in [6, 6.07) is 11.4. The summed E-state index contributed by atoms with van der Waals surface area (Å²) in [7, 11) is 0. The van der Waals surface area contributed by atoms with E-state index < -0.39 is 52.0 Å². The molecule has 3 rings (SSSR count). The molecule has 36 heavy (non-hydrogen) atoms. The lowest BCUT2D eigenvalue weighted by atomic mass is 9.90. The van der Waals surface area contributed by atoms with Crippen molar-refractivity contribution in [2.75, 3.05) is 5.32 Å². The van der Waals surface area contributed by atoms with E-state index in [4.69, 9.17) is 10.7 Å². The van der Waals surface area contributed by atoms with Gasteiger partial charge in [-0.25, -0.2) is 4.79 Å². The molecule has 0 spiro atoms. The molecule has 0 saturated heterocycles. The summed E-state index contributed by atoms with van der Waals surface area (Å²) in [4.78, 5) is 36.5. The zero-order valence-electron chi connectivity index (χ0n) is 18.4. The maximum atomic E-state index is 13.5. The van der Waals surface area contributed by atoms with Gasteiger partial charge in [-0.1, -0.05) is 18.2 Å². The largest absolute Gasteiger partial charge is 0.507 e. The molecule has 0 atom stereocenters. The summed E-state index contributed by atoms with van der Waals surface area (Å²) in [5.74, 6) is -4.05. The monoisotopic (exact) mass is 495 g/mol. The number of carboxylic acid groups (broad SMARTS) is 1. The van der Waals surface area contributed by atoms with Crippen molar-refractivity contribution in [1.82, 2.24) is 0 Å². The Labute approximate surface area is 201 Å². The molecule has 0 unspecified atom stereocenters. The highest BCUT2D eigenvalue weighted by molar-refractivity contribution is 6.48. The van der Waals surface area contributed by atoms with Gasteiger partial charge >= 0.3 is 12.1 Å². The van der Waals surface area contributed by atoms with Crippen molar-refractivity contribution in [3.63, 3.8) is 0 Å². The molecule has 3 aromatic rings. The van der Waals surface area contributed by atoms with E-state index in [9.17, 15) is 37.8 Å². The number of hydrogen-bond donors (Lipinski definition) is 4. The van der Waals surface area contributed by atoms with Crippen molar-refractivity contribution in [3.05, 3.63) is 82.4 Å². The van der Waals surface area contributed by atoms with E-state index in [-0.39, 0.29) is 27.9 Å². The molecule has 182 valence electrons. The molecular weight excluding hydrogens is 479 g/mol. The average molecular weight is 495 g/mol. The van der Waals surface area contributed by atoms with Gasteiger partial charge in [0.2, 0.25) is 0 Å².